The zero-order valence-corrected chi connectivity index (χ0v) is 9.66. The average molecular weight is 262 g/mol. The topological polar surface area (TPSA) is 62.2 Å². The fourth-order valence-electron chi connectivity index (χ4n) is 1.35. The van der Waals surface area contributed by atoms with Crippen molar-refractivity contribution in [3.63, 3.8) is 0 Å². The van der Waals surface area contributed by atoms with Crippen molar-refractivity contribution in [3.8, 4) is 0 Å². The lowest BCUT2D eigenvalue weighted by atomic mass is 10.1. The first-order valence-electron chi connectivity index (χ1n) is 5.34. The lowest BCUT2D eigenvalue weighted by Gasteiger charge is -2.16. The van der Waals surface area contributed by atoms with Crippen molar-refractivity contribution in [1.29, 1.82) is 0 Å². The minimum atomic E-state index is -4.69. The Morgan fingerprint density at radius 3 is 2.72 bits per heavy atom. The predicted molar refractivity (Wildman–Crippen MR) is 57.9 cm³/mol. The van der Waals surface area contributed by atoms with Crippen LogP contribution in [0.2, 0.25) is 0 Å². The molecule has 2 N–H and O–H groups in total. The molecule has 100 valence electrons. The van der Waals surface area contributed by atoms with Crippen LogP contribution in [0.25, 0.3) is 0 Å². The number of hydrogen-bond donors (Lipinski definition) is 2. The SMILES string of the molecule is CCC(CO)NC(=O)c1cccnc1C(F)(F)F. The van der Waals surface area contributed by atoms with Crippen LogP contribution in [0.4, 0.5) is 13.2 Å². The molecule has 0 saturated heterocycles. The van der Waals surface area contributed by atoms with Crippen molar-refractivity contribution in [2.24, 2.45) is 0 Å². The Morgan fingerprint density at radius 2 is 2.22 bits per heavy atom. The minimum absolute atomic E-state index is 0.330. The van der Waals surface area contributed by atoms with Gasteiger partial charge in [-0.2, -0.15) is 13.2 Å². The van der Waals surface area contributed by atoms with Gasteiger partial charge in [0, 0.05) is 6.20 Å². The molecule has 1 aromatic heterocycles. The first kappa shape index (κ1) is 14.4. The number of alkyl halides is 3. The van der Waals surface area contributed by atoms with Crippen LogP contribution in [0, 0.1) is 0 Å². The maximum Gasteiger partial charge on any atom is 0.434 e. The van der Waals surface area contributed by atoms with E-state index < -0.39 is 29.4 Å². The second-order valence-electron chi connectivity index (χ2n) is 3.66. The van der Waals surface area contributed by atoms with Gasteiger partial charge in [-0.3, -0.25) is 9.78 Å². The molecule has 0 saturated carbocycles. The summed E-state index contributed by atoms with van der Waals surface area (Å²) in [7, 11) is 0. The summed E-state index contributed by atoms with van der Waals surface area (Å²) >= 11 is 0. The number of nitrogens with one attached hydrogen (secondary N) is 1. The maximum absolute atomic E-state index is 12.6. The van der Waals surface area contributed by atoms with Gasteiger partial charge in [0.1, 0.15) is 0 Å². The Balaban J connectivity index is 2.99. The largest absolute Gasteiger partial charge is 0.434 e. The Bertz CT molecular complexity index is 417. The number of pyridine rings is 1. The smallest absolute Gasteiger partial charge is 0.394 e. The van der Waals surface area contributed by atoms with Gasteiger partial charge in [-0.05, 0) is 18.6 Å². The van der Waals surface area contributed by atoms with Crippen LogP contribution in [-0.4, -0.2) is 28.6 Å². The first-order valence-corrected chi connectivity index (χ1v) is 5.34. The van der Waals surface area contributed by atoms with Crippen LogP contribution in [0.5, 0.6) is 0 Å². The quantitative estimate of drug-likeness (QED) is 0.866. The van der Waals surface area contributed by atoms with Crippen molar-refractivity contribution < 1.29 is 23.1 Å². The van der Waals surface area contributed by atoms with E-state index in [1.54, 1.807) is 6.92 Å². The number of hydrogen-bond acceptors (Lipinski definition) is 3. The van der Waals surface area contributed by atoms with Gasteiger partial charge in [0.05, 0.1) is 18.2 Å². The highest BCUT2D eigenvalue weighted by Crippen LogP contribution is 2.29. The van der Waals surface area contributed by atoms with Crippen molar-refractivity contribution in [2.45, 2.75) is 25.6 Å². The minimum Gasteiger partial charge on any atom is -0.394 e. The molecule has 1 unspecified atom stereocenters. The summed E-state index contributed by atoms with van der Waals surface area (Å²) in [6, 6.07) is 1.73. The van der Waals surface area contributed by atoms with E-state index in [1.165, 1.54) is 6.07 Å². The number of nitrogens with zero attached hydrogens (tertiary/aromatic N) is 1. The second kappa shape index (κ2) is 5.81. The number of amides is 1. The van der Waals surface area contributed by atoms with Gasteiger partial charge in [-0.15, -0.1) is 0 Å². The van der Waals surface area contributed by atoms with E-state index >= 15 is 0 Å². The number of rotatable bonds is 4. The van der Waals surface area contributed by atoms with E-state index in [4.69, 9.17) is 5.11 Å². The molecule has 7 heteroatoms. The zero-order chi connectivity index (χ0) is 13.8. The standard InChI is InChI=1S/C11H13F3N2O2/c1-2-7(6-17)16-10(18)8-4-3-5-15-9(8)11(12,13)14/h3-5,7,17H,2,6H2,1H3,(H,16,18). The molecule has 1 atom stereocenters. The molecule has 18 heavy (non-hydrogen) atoms. The molecule has 0 aliphatic heterocycles. The van der Waals surface area contributed by atoms with Crippen molar-refractivity contribution in [1.82, 2.24) is 10.3 Å². The fraction of sp³-hybridized carbons (Fsp3) is 0.455. The highest BCUT2D eigenvalue weighted by Gasteiger charge is 2.37. The van der Waals surface area contributed by atoms with Gasteiger partial charge in [-0.1, -0.05) is 6.92 Å². The third-order valence-electron chi connectivity index (χ3n) is 2.37. The summed E-state index contributed by atoms with van der Waals surface area (Å²) in [5.74, 6) is -0.892. The van der Waals surface area contributed by atoms with E-state index in [9.17, 15) is 18.0 Å². The molecule has 0 aromatic carbocycles. The van der Waals surface area contributed by atoms with E-state index in [0.717, 1.165) is 12.3 Å². The van der Waals surface area contributed by atoms with Crippen molar-refractivity contribution >= 4 is 5.91 Å². The summed E-state index contributed by atoms with van der Waals surface area (Å²) in [6.07, 6.45) is -3.29. The molecule has 1 heterocycles. The Kier molecular flexibility index (Phi) is 4.66. The molecule has 0 aliphatic rings. The maximum atomic E-state index is 12.6. The second-order valence-corrected chi connectivity index (χ2v) is 3.66. The fourth-order valence-corrected chi connectivity index (χ4v) is 1.35. The first-order chi connectivity index (χ1) is 8.40. The van der Waals surface area contributed by atoms with Crippen LogP contribution in [-0.2, 0) is 6.18 Å². The van der Waals surface area contributed by atoms with Gasteiger partial charge in [0.25, 0.3) is 5.91 Å². The lowest BCUT2D eigenvalue weighted by Crippen LogP contribution is -2.38. The van der Waals surface area contributed by atoms with E-state index in [-0.39, 0.29) is 6.61 Å². The Hall–Kier alpha value is -1.63. The monoisotopic (exact) mass is 262 g/mol. The molecule has 0 spiro atoms. The lowest BCUT2D eigenvalue weighted by molar-refractivity contribution is -0.141. The number of aliphatic hydroxyl groups excluding tert-OH is 1. The zero-order valence-electron chi connectivity index (χ0n) is 9.66. The molecule has 0 bridgehead atoms. The van der Waals surface area contributed by atoms with Gasteiger partial charge in [0.2, 0.25) is 0 Å². The Morgan fingerprint density at radius 1 is 1.56 bits per heavy atom. The Labute approximate surface area is 102 Å². The van der Waals surface area contributed by atoms with Crippen molar-refractivity contribution in [2.75, 3.05) is 6.61 Å². The van der Waals surface area contributed by atoms with Gasteiger partial charge in [0.15, 0.2) is 5.69 Å². The third kappa shape index (κ3) is 3.43. The van der Waals surface area contributed by atoms with Crippen LogP contribution >= 0.6 is 0 Å². The predicted octanol–water partition coefficient (Wildman–Crippen LogP) is 1.60. The molecule has 4 nitrogen and oxygen atoms in total. The summed E-state index contributed by atoms with van der Waals surface area (Å²) in [6.45, 7) is 1.37. The summed E-state index contributed by atoms with van der Waals surface area (Å²) in [5.41, 5.74) is -1.77. The van der Waals surface area contributed by atoms with Gasteiger partial charge in [-0.25, -0.2) is 0 Å². The average Bonchev–Trinajstić information content (AvgIpc) is 2.34. The number of carbonyl (C=O) groups excluding carboxylic acids is 1. The molecule has 1 rings (SSSR count). The van der Waals surface area contributed by atoms with E-state index in [2.05, 4.69) is 10.3 Å². The summed E-state index contributed by atoms with van der Waals surface area (Å²) < 4.78 is 37.9. The normalized spacial score (nSPS) is 13.2. The molecular weight excluding hydrogens is 249 g/mol. The molecule has 0 radical (unpaired) electrons. The molecule has 0 fully saturated rings. The number of aromatic nitrogens is 1. The highest BCUT2D eigenvalue weighted by atomic mass is 19.4. The van der Waals surface area contributed by atoms with Gasteiger partial charge < -0.3 is 10.4 Å². The summed E-state index contributed by atoms with van der Waals surface area (Å²) in [5, 5.41) is 11.2. The molecule has 0 aliphatic carbocycles. The van der Waals surface area contributed by atoms with Crippen LogP contribution in [0.3, 0.4) is 0 Å². The summed E-state index contributed by atoms with van der Waals surface area (Å²) in [4.78, 5) is 14.9. The number of halogens is 3. The van der Waals surface area contributed by atoms with Crippen LogP contribution in [0.1, 0.15) is 29.4 Å². The van der Waals surface area contributed by atoms with E-state index in [1.807, 2.05) is 0 Å². The van der Waals surface area contributed by atoms with Gasteiger partial charge >= 0.3 is 6.18 Å². The number of carbonyl (C=O) groups is 1. The third-order valence-corrected chi connectivity index (χ3v) is 2.37. The molecule has 1 aromatic rings. The highest BCUT2D eigenvalue weighted by molar-refractivity contribution is 5.95. The number of aliphatic hydroxyl groups is 1. The molecular formula is C11H13F3N2O2. The van der Waals surface area contributed by atoms with Crippen LogP contribution in [0.15, 0.2) is 18.3 Å². The van der Waals surface area contributed by atoms with E-state index in [0.29, 0.717) is 6.42 Å². The van der Waals surface area contributed by atoms with Crippen LogP contribution < -0.4 is 5.32 Å². The van der Waals surface area contributed by atoms with Crippen molar-refractivity contribution in [3.05, 3.63) is 29.6 Å². The molecule has 1 amide bonds.